The number of carbonyl (C=O) groups excluding carboxylic acids is 1. The molecule has 0 spiro atoms. The summed E-state index contributed by atoms with van der Waals surface area (Å²) in [5.74, 6) is 1.52. The molecule has 4 rings (SSSR count). The molecule has 1 amide bonds. The molecular weight excluding hydrogens is 412 g/mol. The Bertz CT molecular complexity index is 1310. The van der Waals surface area contributed by atoms with Crippen LogP contribution in [0.2, 0.25) is 5.02 Å². The van der Waals surface area contributed by atoms with Crippen LogP contribution >= 0.6 is 11.6 Å². The van der Waals surface area contributed by atoms with E-state index in [0.29, 0.717) is 22.4 Å². The number of para-hydroxylation sites is 1. The number of carbonyl (C=O) groups is 1. The van der Waals surface area contributed by atoms with Gasteiger partial charge in [0.05, 0.1) is 12.8 Å². The van der Waals surface area contributed by atoms with Crippen LogP contribution < -0.4 is 10.1 Å². The minimum Gasteiger partial charge on any atom is -0.494 e. The minimum atomic E-state index is -0.281. The first-order chi connectivity index (χ1) is 14.9. The molecule has 0 fully saturated rings. The summed E-state index contributed by atoms with van der Waals surface area (Å²) in [6, 6.07) is 16.8. The number of ether oxygens (including phenoxy) is 1. The Balaban J connectivity index is 1.67. The molecule has 0 saturated heterocycles. The van der Waals surface area contributed by atoms with Gasteiger partial charge in [-0.15, -0.1) is 0 Å². The zero-order chi connectivity index (χ0) is 22.0. The molecular formula is C24H21ClN4O2. The fourth-order valence-electron chi connectivity index (χ4n) is 3.36. The molecule has 6 nitrogen and oxygen atoms in total. The van der Waals surface area contributed by atoms with Crippen molar-refractivity contribution in [2.24, 2.45) is 0 Å². The lowest BCUT2D eigenvalue weighted by molar-refractivity contribution is -0.111. The third kappa shape index (κ3) is 4.44. The number of rotatable bonds is 5. The van der Waals surface area contributed by atoms with Crippen molar-refractivity contribution in [2.45, 2.75) is 13.8 Å². The van der Waals surface area contributed by atoms with E-state index in [2.05, 4.69) is 10.4 Å². The van der Waals surface area contributed by atoms with Crippen molar-refractivity contribution in [2.75, 3.05) is 12.4 Å². The Labute approximate surface area is 185 Å². The van der Waals surface area contributed by atoms with Gasteiger partial charge in [0.2, 0.25) is 5.91 Å². The highest BCUT2D eigenvalue weighted by Gasteiger charge is 2.14. The first-order valence-electron chi connectivity index (χ1n) is 9.70. The number of benzene rings is 2. The Morgan fingerprint density at radius 2 is 1.94 bits per heavy atom. The van der Waals surface area contributed by atoms with Crippen molar-refractivity contribution in [3.05, 3.63) is 82.5 Å². The number of anilines is 1. The second-order valence-electron chi connectivity index (χ2n) is 7.11. The maximum Gasteiger partial charge on any atom is 0.249 e. The second-order valence-corrected chi connectivity index (χ2v) is 7.55. The molecule has 31 heavy (non-hydrogen) atoms. The van der Waals surface area contributed by atoms with Gasteiger partial charge < -0.3 is 10.1 Å². The largest absolute Gasteiger partial charge is 0.494 e. The van der Waals surface area contributed by atoms with Gasteiger partial charge in [0.25, 0.3) is 0 Å². The van der Waals surface area contributed by atoms with E-state index in [1.54, 1.807) is 36.1 Å². The molecule has 0 aliphatic rings. The molecule has 7 heteroatoms. The zero-order valence-electron chi connectivity index (χ0n) is 17.4. The quantitative estimate of drug-likeness (QED) is 0.431. The summed E-state index contributed by atoms with van der Waals surface area (Å²) in [6.45, 7) is 3.87. The summed E-state index contributed by atoms with van der Waals surface area (Å²) in [7, 11) is 1.62. The van der Waals surface area contributed by atoms with Crippen LogP contribution in [0, 0.1) is 13.8 Å². The lowest BCUT2D eigenvalue weighted by Crippen LogP contribution is -2.13. The molecule has 0 atom stereocenters. The van der Waals surface area contributed by atoms with Crippen molar-refractivity contribution in [3.8, 4) is 11.6 Å². The smallest absolute Gasteiger partial charge is 0.249 e. The van der Waals surface area contributed by atoms with Crippen molar-refractivity contribution in [1.82, 2.24) is 14.8 Å². The number of nitrogens with zero attached hydrogens (tertiary/aromatic N) is 3. The zero-order valence-corrected chi connectivity index (χ0v) is 18.1. The van der Waals surface area contributed by atoms with Gasteiger partial charge in [-0.1, -0.05) is 35.9 Å². The van der Waals surface area contributed by atoms with Gasteiger partial charge in [0.15, 0.2) is 5.82 Å². The van der Waals surface area contributed by atoms with E-state index in [4.69, 9.17) is 21.3 Å². The van der Waals surface area contributed by atoms with Crippen LogP contribution in [0.5, 0.6) is 5.75 Å². The average Bonchev–Trinajstić information content (AvgIpc) is 3.12. The van der Waals surface area contributed by atoms with Gasteiger partial charge in [0.1, 0.15) is 17.1 Å². The predicted molar refractivity (Wildman–Crippen MR) is 124 cm³/mol. The molecule has 0 saturated carbocycles. The van der Waals surface area contributed by atoms with E-state index in [0.717, 1.165) is 27.7 Å². The summed E-state index contributed by atoms with van der Waals surface area (Å²) in [5.41, 5.74) is 3.37. The standard InChI is InChI=1S/C24H21ClN4O2/c1-15-12-21(27-24-19(15)8-5-9-20(24)31-3)29-22(13-16(2)28-29)26-23(30)11-10-17-6-4-7-18(25)14-17/h4-14H,1-3H3,(H,26,30)/b11-10+. The van der Waals surface area contributed by atoms with Gasteiger partial charge in [0, 0.05) is 22.6 Å². The Morgan fingerprint density at radius 3 is 2.71 bits per heavy atom. The van der Waals surface area contributed by atoms with Crippen LogP contribution in [0.3, 0.4) is 0 Å². The van der Waals surface area contributed by atoms with E-state index < -0.39 is 0 Å². The van der Waals surface area contributed by atoms with E-state index >= 15 is 0 Å². The summed E-state index contributed by atoms with van der Waals surface area (Å²) in [6.07, 6.45) is 3.17. The van der Waals surface area contributed by atoms with Crippen LogP contribution in [0.25, 0.3) is 22.8 Å². The van der Waals surface area contributed by atoms with Gasteiger partial charge in [-0.2, -0.15) is 9.78 Å². The van der Waals surface area contributed by atoms with Crippen molar-refractivity contribution in [1.29, 1.82) is 0 Å². The highest BCUT2D eigenvalue weighted by atomic mass is 35.5. The summed E-state index contributed by atoms with van der Waals surface area (Å²) in [4.78, 5) is 17.3. The third-order valence-electron chi connectivity index (χ3n) is 4.79. The number of hydrogen-bond donors (Lipinski definition) is 1. The number of aryl methyl sites for hydroxylation is 2. The van der Waals surface area contributed by atoms with Crippen LogP contribution in [-0.2, 0) is 4.79 Å². The van der Waals surface area contributed by atoms with Crippen molar-refractivity contribution in [3.63, 3.8) is 0 Å². The Kier molecular flexibility index (Phi) is 5.73. The van der Waals surface area contributed by atoms with Crippen molar-refractivity contribution >= 4 is 40.3 Å². The molecule has 4 aromatic rings. The molecule has 0 bridgehead atoms. The van der Waals surface area contributed by atoms with Gasteiger partial charge >= 0.3 is 0 Å². The third-order valence-corrected chi connectivity index (χ3v) is 5.03. The SMILES string of the molecule is COc1cccc2c(C)cc(-n3nc(C)cc3NC(=O)/C=C/c3cccc(Cl)c3)nc12. The lowest BCUT2D eigenvalue weighted by Gasteiger charge is -2.11. The topological polar surface area (TPSA) is 69.0 Å². The maximum absolute atomic E-state index is 12.5. The average molecular weight is 433 g/mol. The first-order valence-corrected chi connectivity index (χ1v) is 10.1. The van der Waals surface area contributed by atoms with E-state index in [1.165, 1.54) is 6.08 Å². The summed E-state index contributed by atoms with van der Waals surface area (Å²) >= 11 is 6.00. The van der Waals surface area contributed by atoms with Crippen LogP contribution in [-0.4, -0.2) is 27.8 Å². The first kappa shape index (κ1) is 20.6. The number of methoxy groups -OCH3 is 1. The molecule has 0 aliphatic heterocycles. The van der Waals surface area contributed by atoms with Gasteiger partial charge in [-0.3, -0.25) is 4.79 Å². The van der Waals surface area contributed by atoms with Crippen LogP contribution in [0.15, 0.2) is 60.7 Å². The fourth-order valence-corrected chi connectivity index (χ4v) is 3.56. The molecule has 0 radical (unpaired) electrons. The number of fused-ring (bicyclic) bond motifs is 1. The number of pyridine rings is 1. The number of nitrogens with one attached hydrogen (secondary N) is 1. The molecule has 0 unspecified atom stereocenters. The molecule has 2 aromatic carbocycles. The van der Waals surface area contributed by atoms with Crippen LogP contribution in [0.4, 0.5) is 5.82 Å². The lowest BCUT2D eigenvalue weighted by atomic mass is 10.1. The summed E-state index contributed by atoms with van der Waals surface area (Å²) in [5, 5.41) is 9.02. The minimum absolute atomic E-state index is 0.281. The van der Waals surface area contributed by atoms with E-state index in [-0.39, 0.29) is 5.91 Å². The Morgan fingerprint density at radius 1 is 1.13 bits per heavy atom. The van der Waals surface area contributed by atoms with Gasteiger partial charge in [-0.25, -0.2) is 4.98 Å². The molecule has 0 aliphatic carbocycles. The number of hydrogen-bond acceptors (Lipinski definition) is 4. The highest BCUT2D eigenvalue weighted by Crippen LogP contribution is 2.28. The number of halogens is 1. The summed E-state index contributed by atoms with van der Waals surface area (Å²) < 4.78 is 7.10. The predicted octanol–water partition coefficient (Wildman–Crippen LogP) is 5.35. The Hall–Kier alpha value is -3.64. The molecule has 1 N–H and O–H groups in total. The normalized spacial score (nSPS) is 11.2. The monoisotopic (exact) mass is 432 g/mol. The van der Waals surface area contributed by atoms with Crippen LogP contribution in [0.1, 0.15) is 16.8 Å². The fraction of sp³-hybridized carbons (Fsp3) is 0.125. The maximum atomic E-state index is 12.5. The molecule has 156 valence electrons. The van der Waals surface area contributed by atoms with Crippen molar-refractivity contribution < 1.29 is 9.53 Å². The highest BCUT2D eigenvalue weighted by molar-refractivity contribution is 6.30. The van der Waals surface area contributed by atoms with Gasteiger partial charge in [-0.05, 0) is 55.3 Å². The number of amides is 1. The van der Waals surface area contributed by atoms with E-state index in [9.17, 15) is 4.79 Å². The second kappa shape index (κ2) is 8.62. The molecule has 2 heterocycles. The number of aromatic nitrogens is 3. The molecule has 2 aromatic heterocycles. The van der Waals surface area contributed by atoms with E-state index in [1.807, 2.05) is 50.2 Å².